The van der Waals surface area contributed by atoms with E-state index in [9.17, 15) is 4.79 Å². The van der Waals surface area contributed by atoms with Crippen molar-refractivity contribution in [2.75, 3.05) is 19.7 Å². The molecule has 8 heteroatoms. The topological polar surface area (TPSA) is 94.5 Å². The second-order valence-corrected chi connectivity index (χ2v) is 6.39. The fourth-order valence-corrected chi connectivity index (χ4v) is 2.70. The van der Waals surface area contributed by atoms with Gasteiger partial charge in [-0.1, -0.05) is 19.0 Å². The van der Waals surface area contributed by atoms with Crippen LogP contribution in [-0.4, -0.2) is 45.8 Å². The van der Waals surface area contributed by atoms with Crippen LogP contribution < -0.4 is 4.74 Å². The predicted molar refractivity (Wildman–Crippen MR) is 83.7 cm³/mol. The van der Waals surface area contributed by atoms with Crippen LogP contribution in [0.2, 0.25) is 0 Å². The third kappa shape index (κ3) is 3.74. The van der Waals surface area contributed by atoms with Crippen molar-refractivity contribution in [2.45, 2.75) is 45.4 Å². The van der Waals surface area contributed by atoms with Gasteiger partial charge in [-0.05, 0) is 24.9 Å². The SMILES string of the molecule is Cc1cc(OCC(=O)N2CCC[C@@H](c3noc(C(C)C)n3)C2)no1. The highest BCUT2D eigenvalue weighted by molar-refractivity contribution is 5.77. The van der Waals surface area contributed by atoms with E-state index < -0.39 is 0 Å². The molecule has 1 aliphatic rings. The van der Waals surface area contributed by atoms with Crippen LogP contribution in [0.3, 0.4) is 0 Å². The van der Waals surface area contributed by atoms with Crippen LogP contribution in [0.15, 0.2) is 15.1 Å². The molecule has 24 heavy (non-hydrogen) atoms. The molecule has 1 amide bonds. The van der Waals surface area contributed by atoms with E-state index in [1.807, 2.05) is 13.8 Å². The van der Waals surface area contributed by atoms with Crippen molar-refractivity contribution in [3.05, 3.63) is 23.5 Å². The predicted octanol–water partition coefficient (Wildman–Crippen LogP) is 2.27. The molecule has 0 bridgehead atoms. The van der Waals surface area contributed by atoms with Crippen LogP contribution in [0.25, 0.3) is 0 Å². The number of amides is 1. The fourth-order valence-electron chi connectivity index (χ4n) is 2.70. The summed E-state index contributed by atoms with van der Waals surface area (Å²) in [4.78, 5) is 18.6. The number of carbonyl (C=O) groups is 1. The zero-order valence-electron chi connectivity index (χ0n) is 14.2. The maximum Gasteiger partial charge on any atom is 0.260 e. The third-order valence-corrected chi connectivity index (χ3v) is 4.04. The molecular formula is C16H22N4O4. The molecule has 0 radical (unpaired) electrons. The van der Waals surface area contributed by atoms with Gasteiger partial charge < -0.3 is 18.7 Å². The summed E-state index contributed by atoms with van der Waals surface area (Å²) in [6.07, 6.45) is 1.86. The van der Waals surface area contributed by atoms with Crippen LogP contribution in [0, 0.1) is 6.92 Å². The van der Waals surface area contributed by atoms with E-state index >= 15 is 0 Å². The van der Waals surface area contributed by atoms with Gasteiger partial charge >= 0.3 is 0 Å². The molecule has 0 saturated carbocycles. The summed E-state index contributed by atoms with van der Waals surface area (Å²) < 4.78 is 15.6. The monoisotopic (exact) mass is 334 g/mol. The molecule has 0 unspecified atom stereocenters. The van der Waals surface area contributed by atoms with Gasteiger partial charge in [0.25, 0.3) is 11.8 Å². The van der Waals surface area contributed by atoms with Crippen molar-refractivity contribution in [2.24, 2.45) is 0 Å². The molecule has 0 N–H and O–H groups in total. The molecule has 3 rings (SSSR count). The van der Waals surface area contributed by atoms with Crippen molar-refractivity contribution in [1.29, 1.82) is 0 Å². The fraction of sp³-hybridized carbons (Fsp3) is 0.625. The maximum absolute atomic E-state index is 12.3. The molecule has 130 valence electrons. The first-order chi connectivity index (χ1) is 11.5. The molecule has 3 heterocycles. The summed E-state index contributed by atoms with van der Waals surface area (Å²) in [6, 6.07) is 1.65. The highest BCUT2D eigenvalue weighted by atomic mass is 16.5. The molecule has 0 aliphatic carbocycles. The number of hydrogen-bond donors (Lipinski definition) is 0. The average molecular weight is 334 g/mol. The summed E-state index contributed by atoms with van der Waals surface area (Å²) >= 11 is 0. The Morgan fingerprint density at radius 3 is 2.92 bits per heavy atom. The maximum atomic E-state index is 12.3. The highest BCUT2D eigenvalue weighted by Gasteiger charge is 2.28. The van der Waals surface area contributed by atoms with E-state index in [4.69, 9.17) is 13.8 Å². The first-order valence-electron chi connectivity index (χ1n) is 8.20. The molecule has 0 spiro atoms. The number of hydrogen-bond acceptors (Lipinski definition) is 7. The van der Waals surface area contributed by atoms with Gasteiger partial charge in [-0.15, -0.1) is 0 Å². The largest absolute Gasteiger partial charge is 0.465 e. The zero-order chi connectivity index (χ0) is 17.1. The summed E-state index contributed by atoms with van der Waals surface area (Å²) in [5.74, 6) is 2.53. The minimum absolute atomic E-state index is 0.0534. The number of aryl methyl sites for hydroxylation is 1. The van der Waals surface area contributed by atoms with Crippen LogP contribution in [-0.2, 0) is 4.79 Å². The van der Waals surface area contributed by atoms with E-state index in [1.165, 1.54) is 0 Å². The summed E-state index contributed by atoms with van der Waals surface area (Å²) in [5, 5.41) is 7.79. The van der Waals surface area contributed by atoms with Gasteiger partial charge in [0.15, 0.2) is 12.4 Å². The number of rotatable bonds is 5. The van der Waals surface area contributed by atoms with E-state index in [2.05, 4.69) is 15.3 Å². The average Bonchev–Trinajstić information content (AvgIpc) is 3.22. The van der Waals surface area contributed by atoms with Crippen LogP contribution >= 0.6 is 0 Å². The standard InChI is InChI=1S/C16H22N4O4/c1-10(2)16-17-15(19-24-16)12-5-4-6-20(8-12)14(21)9-22-13-7-11(3)23-18-13/h7,10,12H,4-6,8-9H2,1-3H3/t12-/m1/s1. The van der Waals surface area contributed by atoms with Crippen LogP contribution in [0.4, 0.5) is 0 Å². The molecule has 1 aliphatic heterocycles. The number of aromatic nitrogens is 3. The molecule has 2 aromatic rings. The van der Waals surface area contributed by atoms with Crippen LogP contribution in [0.1, 0.15) is 56.0 Å². The number of likely N-dealkylation sites (tertiary alicyclic amines) is 1. The lowest BCUT2D eigenvalue weighted by atomic mass is 9.97. The first kappa shape index (κ1) is 16.5. The normalized spacial score (nSPS) is 18.2. The number of ether oxygens (including phenoxy) is 1. The molecule has 8 nitrogen and oxygen atoms in total. The van der Waals surface area contributed by atoms with Crippen molar-refractivity contribution < 1.29 is 18.6 Å². The number of nitrogens with zero attached hydrogens (tertiary/aromatic N) is 4. The van der Waals surface area contributed by atoms with Crippen LogP contribution in [0.5, 0.6) is 5.88 Å². The number of carbonyl (C=O) groups excluding carboxylic acids is 1. The van der Waals surface area contributed by atoms with Gasteiger partial charge in [0.05, 0.1) is 0 Å². The molecule has 1 atom stereocenters. The zero-order valence-corrected chi connectivity index (χ0v) is 14.2. The molecule has 0 aromatic carbocycles. The van der Waals surface area contributed by atoms with Gasteiger partial charge in [0.1, 0.15) is 5.76 Å². The first-order valence-corrected chi connectivity index (χ1v) is 8.20. The van der Waals surface area contributed by atoms with E-state index in [0.29, 0.717) is 36.4 Å². The lowest BCUT2D eigenvalue weighted by molar-refractivity contribution is -0.134. The Balaban J connectivity index is 1.56. The van der Waals surface area contributed by atoms with Gasteiger partial charge in [0.2, 0.25) is 5.89 Å². The van der Waals surface area contributed by atoms with E-state index in [1.54, 1.807) is 17.9 Å². The summed E-state index contributed by atoms with van der Waals surface area (Å²) in [6.45, 7) is 7.03. The summed E-state index contributed by atoms with van der Waals surface area (Å²) in [7, 11) is 0. The Morgan fingerprint density at radius 2 is 2.25 bits per heavy atom. The third-order valence-electron chi connectivity index (χ3n) is 4.04. The van der Waals surface area contributed by atoms with Gasteiger partial charge in [-0.2, -0.15) is 4.98 Å². The van der Waals surface area contributed by atoms with Crippen molar-refractivity contribution >= 4 is 5.91 Å². The van der Waals surface area contributed by atoms with Crippen molar-refractivity contribution in [3.8, 4) is 5.88 Å². The van der Waals surface area contributed by atoms with Gasteiger partial charge in [-0.25, -0.2) is 0 Å². The van der Waals surface area contributed by atoms with Gasteiger partial charge in [0, 0.05) is 31.0 Å². The quantitative estimate of drug-likeness (QED) is 0.827. The Kier molecular flexibility index (Phi) is 4.82. The Morgan fingerprint density at radius 1 is 1.42 bits per heavy atom. The van der Waals surface area contributed by atoms with Crippen molar-refractivity contribution in [3.63, 3.8) is 0 Å². The lowest BCUT2D eigenvalue weighted by Gasteiger charge is -2.31. The second kappa shape index (κ2) is 7.02. The molecular weight excluding hydrogens is 312 g/mol. The minimum Gasteiger partial charge on any atom is -0.465 e. The highest BCUT2D eigenvalue weighted by Crippen LogP contribution is 2.26. The molecule has 1 fully saturated rings. The smallest absolute Gasteiger partial charge is 0.260 e. The lowest BCUT2D eigenvalue weighted by Crippen LogP contribution is -2.41. The Bertz CT molecular complexity index is 694. The Hall–Kier alpha value is -2.38. The Labute approximate surface area is 140 Å². The van der Waals surface area contributed by atoms with Crippen molar-refractivity contribution in [1.82, 2.24) is 20.2 Å². The van der Waals surface area contributed by atoms with E-state index in [0.717, 1.165) is 12.8 Å². The minimum atomic E-state index is -0.0760. The van der Waals surface area contributed by atoms with E-state index in [-0.39, 0.29) is 24.3 Å². The summed E-state index contributed by atoms with van der Waals surface area (Å²) in [5.41, 5.74) is 0. The molecule has 1 saturated heterocycles. The second-order valence-electron chi connectivity index (χ2n) is 6.39. The van der Waals surface area contributed by atoms with Gasteiger partial charge in [-0.3, -0.25) is 4.79 Å². The number of piperidine rings is 1. The molecule has 2 aromatic heterocycles.